The maximum Gasteiger partial charge on any atom is 0.416 e. The predicted octanol–water partition coefficient (Wildman–Crippen LogP) is 1.78. The van der Waals surface area contributed by atoms with Crippen LogP contribution in [-0.2, 0) is 11.0 Å². The number of carboxylic acid groups (broad SMARTS) is 1. The van der Waals surface area contributed by atoms with E-state index in [1.54, 1.807) is 6.07 Å². The minimum Gasteiger partial charge on any atom is -0.550 e. The Labute approximate surface area is 206 Å². The third-order valence-corrected chi connectivity index (χ3v) is 8.08. The number of hydrogen-bond donors (Lipinski definition) is 1. The molecule has 2 aromatic rings. The maximum absolute atomic E-state index is 13.1. The number of hydrogen-bond acceptors (Lipinski definition) is 5. The molecule has 4 rings (SSSR count). The molecule has 2 saturated heterocycles. The fraction of sp³-hybridized carbons (Fsp3) is 0.520. The summed E-state index contributed by atoms with van der Waals surface area (Å²) in [5.74, 6) is -0.989. The van der Waals surface area contributed by atoms with Crippen molar-refractivity contribution in [2.45, 2.75) is 25.4 Å². The van der Waals surface area contributed by atoms with Gasteiger partial charge >= 0.3 is 6.18 Å². The maximum atomic E-state index is 13.1. The molecule has 0 bridgehead atoms. The first-order valence-corrected chi connectivity index (χ1v) is 12.9. The lowest BCUT2D eigenvalue weighted by atomic mass is 9.81. The van der Waals surface area contributed by atoms with E-state index in [0.717, 1.165) is 32.1 Å². The van der Waals surface area contributed by atoms with Crippen molar-refractivity contribution in [2.24, 2.45) is 11.8 Å². The van der Waals surface area contributed by atoms with Crippen molar-refractivity contribution in [2.75, 3.05) is 50.7 Å². The Balaban J connectivity index is 1.32. The van der Waals surface area contributed by atoms with Gasteiger partial charge in [0.1, 0.15) is 0 Å². The summed E-state index contributed by atoms with van der Waals surface area (Å²) in [6.45, 7) is 4.84. The molecule has 1 aromatic carbocycles. The molecule has 190 valence electrons. The molecule has 2 atom stereocenters. The van der Waals surface area contributed by atoms with Crippen LogP contribution in [0.25, 0.3) is 0 Å². The van der Waals surface area contributed by atoms with E-state index in [-0.39, 0.29) is 24.2 Å². The average molecular weight is 510 g/mol. The van der Waals surface area contributed by atoms with Crippen molar-refractivity contribution in [1.29, 1.82) is 0 Å². The van der Waals surface area contributed by atoms with Crippen LogP contribution < -0.4 is 14.9 Å². The first-order chi connectivity index (χ1) is 16.7. The van der Waals surface area contributed by atoms with Crippen LogP contribution in [0.1, 0.15) is 34.5 Å². The first kappa shape index (κ1) is 25.5. The van der Waals surface area contributed by atoms with E-state index in [4.69, 9.17) is 0 Å². The number of rotatable bonds is 7. The number of nitrogens with zero attached hydrogens (tertiary/aromatic N) is 2. The monoisotopic (exact) mass is 509 g/mol. The molecule has 0 radical (unpaired) electrons. The van der Waals surface area contributed by atoms with Crippen LogP contribution in [0.4, 0.5) is 18.9 Å². The molecule has 6 nitrogen and oxygen atoms in total. The second kappa shape index (κ2) is 11.0. The number of thiophene rings is 1. The Morgan fingerprint density at radius 2 is 1.86 bits per heavy atom. The Bertz CT molecular complexity index is 1010. The van der Waals surface area contributed by atoms with Gasteiger partial charge in [-0.05, 0) is 54.3 Å². The third-order valence-electron chi connectivity index (χ3n) is 7.22. The summed E-state index contributed by atoms with van der Waals surface area (Å²) in [6, 6.07) is 9.11. The Kier molecular flexibility index (Phi) is 8.01. The number of carbonyl (C=O) groups excluding carboxylic acids is 2. The summed E-state index contributed by atoms with van der Waals surface area (Å²) in [5.41, 5.74) is -0.0504. The summed E-state index contributed by atoms with van der Waals surface area (Å²) in [7, 11) is 0. The van der Waals surface area contributed by atoms with E-state index < -0.39 is 17.7 Å². The average Bonchev–Trinajstić information content (AvgIpc) is 3.38. The van der Waals surface area contributed by atoms with Gasteiger partial charge in [0.25, 0.3) is 5.91 Å². The number of quaternary nitrogens is 1. The van der Waals surface area contributed by atoms with Crippen LogP contribution in [0.15, 0.2) is 41.8 Å². The zero-order valence-electron chi connectivity index (χ0n) is 19.4. The van der Waals surface area contributed by atoms with Crippen LogP contribution in [0.5, 0.6) is 0 Å². The number of nitrogens with one attached hydrogen (secondary N) is 1. The molecule has 0 aliphatic carbocycles. The van der Waals surface area contributed by atoms with Crippen LogP contribution in [0.2, 0.25) is 0 Å². The normalized spacial score (nSPS) is 21.8. The summed E-state index contributed by atoms with van der Waals surface area (Å²) in [6.07, 6.45) is -2.91. The van der Waals surface area contributed by atoms with Gasteiger partial charge in [-0.1, -0.05) is 12.1 Å². The number of aliphatic carboxylic acids is 1. The van der Waals surface area contributed by atoms with Crippen molar-refractivity contribution in [3.63, 3.8) is 0 Å². The Hall–Kier alpha value is -2.59. The van der Waals surface area contributed by atoms with Crippen LogP contribution >= 0.6 is 11.3 Å². The molecule has 1 aromatic heterocycles. The van der Waals surface area contributed by atoms with Crippen molar-refractivity contribution >= 4 is 28.9 Å². The molecule has 1 amide bonds. The molecule has 35 heavy (non-hydrogen) atoms. The van der Waals surface area contributed by atoms with Gasteiger partial charge in [-0.15, -0.1) is 11.3 Å². The van der Waals surface area contributed by atoms with Crippen molar-refractivity contribution in [1.82, 2.24) is 4.90 Å². The second-order valence-corrected chi connectivity index (χ2v) is 10.4. The zero-order chi connectivity index (χ0) is 25.0. The third kappa shape index (κ3) is 6.55. The smallest absolute Gasteiger partial charge is 0.416 e. The molecule has 10 heteroatoms. The van der Waals surface area contributed by atoms with E-state index in [1.807, 2.05) is 27.3 Å². The summed E-state index contributed by atoms with van der Waals surface area (Å²) < 4.78 is 39.2. The van der Waals surface area contributed by atoms with Crippen molar-refractivity contribution in [3.05, 3.63) is 52.2 Å². The molecule has 2 fully saturated rings. The van der Waals surface area contributed by atoms with Gasteiger partial charge in [-0.25, -0.2) is 0 Å². The Morgan fingerprint density at radius 1 is 1.09 bits per heavy atom. The number of carboxylic acids is 1. The highest BCUT2D eigenvalue weighted by atomic mass is 32.1. The molecule has 2 aliphatic heterocycles. The lowest BCUT2D eigenvalue weighted by Gasteiger charge is -2.40. The quantitative estimate of drug-likeness (QED) is 0.618. The van der Waals surface area contributed by atoms with Gasteiger partial charge in [-0.2, -0.15) is 13.2 Å². The zero-order valence-corrected chi connectivity index (χ0v) is 20.2. The molecular formula is C25H30F3N3O3S. The summed E-state index contributed by atoms with van der Waals surface area (Å²) in [5, 5.41) is 13.2. The van der Waals surface area contributed by atoms with Gasteiger partial charge in [0.15, 0.2) is 0 Å². The molecule has 3 heterocycles. The fourth-order valence-corrected chi connectivity index (χ4v) is 5.92. The minimum absolute atomic E-state index is 0.000974. The number of carbonyl (C=O) groups is 2. The number of likely N-dealkylation sites (tertiary alicyclic amines) is 1. The highest BCUT2D eigenvalue weighted by Crippen LogP contribution is 2.32. The first-order valence-electron chi connectivity index (χ1n) is 12.0. The largest absolute Gasteiger partial charge is 0.550 e. The topological polar surface area (TPSA) is 68.1 Å². The van der Waals surface area contributed by atoms with Gasteiger partial charge in [-0.3, -0.25) is 4.79 Å². The highest BCUT2D eigenvalue weighted by molar-refractivity contribution is 7.12. The lowest BCUT2D eigenvalue weighted by Crippen LogP contribution is -3.15. The number of alkyl halides is 3. The molecule has 0 spiro atoms. The van der Waals surface area contributed by atoms with Gasteiger partial charge in [0.05, 0.1) is 43.2 Å². The minimum atomic E-state index is -4.36. The molecule has 0 unspecified atom stereocenters. The van der Waals surface area contributed by atoms with Crippen molar-refractivity contribution < 1.29 is 32.8 Å². The van der Waals surface area contributed by atoms with E-state index in [0.29, 0.717) is 43.2 Å². The van der Waals surface area contributed by atoms with E-state index >= 15 is 0 Å². The van der Waals surface area contributed by atoms with Gasteiger partial charge < -0.3 is 24.6 Å². The summed E-state index contributed by atoms with van der Waals surface area (Å²) in [4.78, 5) is 30.0. The van der Waals surface area contributed by atoms with Gasteiger partial charge in [0, 0.05) is 31.2 Å². The van der Waals surface area contributed by atoms with E-state index in [2.05, 4.69) is 0 Å². The number of halogens is 3. The fourth-order valence-electron chi connectivity index (χ4n) is 5.23. The highest BCUT2D eigenvalue weighted by Gasteiger charge is 2.34. The molecular weight excluding hydrogens is 479 g/mol. The second-order valence-electron chi connectivity index (χ2n) is 9.44. The van der Waals surface area contributed by atoms with Crippen LogP contribution in [-0.4, -0.2) is 62.6 Å². The number of piperazine rings is 1. The number of piperidine rings is 1. The standard InChI is InChI=1S/C25H30F3N3O3S/c26-25(27,28)20-3-1-4-21(16-20)30-12-10-29(11-13-30)8-6-19-17-31(9-7-18(19)15-23(32)33)24(34)22-5-2-14-35-22/h1-5,14,16,18-19H,6-13,15,17H2,(H,32,33)/t18-,19-/m0/s1. The van der Waals surface area contributed by atoms with Gasteiger partial charge in [0.2, 0.25) is 0 Å². The SMILES string of the molecule is O=C([O-])C[C@@H]1CCN(C(=O)c2cccs2)C[C@@H]1CC[NH+]1CCN(c2cccc(C(F)(F)F)c2)CC1. The predicted molar refractivity (Wildman–Crippen MR) is 125 cm³/mol. The molecule has 1 N–H and O–H groups in total. The Morgan fingerprint density at radius 3 is 2.51 bits per heavy atom. The van der Waals surface area contributed by atoms with E-state index in [9.17, 15) is 27.9 Å². The number of amides is 1. The van der Waals surface area contributed by atoms with E-state index in [1.165, 1.54) is 28.4 Å². The molecule has 2 aliphatic rings. The van der Waals surface area contributed by atoms with Crippen LogP contribution in [0.3, 0.4) is 0 Å². The van der Waals surface area contributed by atoms with Crippen LogP contribution in [0, 0.1) is 11.8 Å². The molecule has 0 saturated carbocycles. The lowest BCUT2D eigenvalue weighted by molar-refractivity contribution is -0.901. The number of anilines is 1. The number of benzene rings is 1. The van der Waals surface area contributed by atoms with Crippen molar-refractivity contribution in [3.8, 4) is 0 Å². The summed E-state index contributed by atoms with van der Waals surface area (Å²) >= 11 is 1.41.